The molecule has 1 N–H and O–H groups in total. The summed E-state index contributed by atoms with van der Waals surface area (Å²) in [7, 11) is 1.57. The number of nitrogens with zero attached hydrogens (tertiary/aromatic N) is 2. The summed E-state index contributed by atoms with van der Waals surface area (Å²) in [6.07, 6.45) is 0. The van der Waals surface area contributed by atoms with E-state index in [1.165, 1.54) is 10.4 Å². The topological polar surface area (TPSA) is 65.4 Å². The van der Waals surface area contributed by atoms with Crippen molar-refractivity contribution >= 4 is 17.2 Å². The van der Waals surface area contributed by atoms with Crippen LogP contribution in [0, 0.1) is 13.8 Å². The molecule has 2 aromatic heterocycles. The third-order valence-electron chi connectivity index (χ3n) is 4.22. The highest BCUT2D eigenvalue weighted by Crippen LogP contribution is 2.30. The van der Waals surface area contributed by atoms with E-state index < -0.39 is 0 Å². The van der Waals surface area contributed by atoms with E-state index in [4.69, 9.17) is 9.47 Å². The van der Waals surface area contributed by atoms with Crippen molar-refractivity contribution in [2.75, 3.05) is 20.3 Å². The highest BCUT2D eigenvalue weighted by molar-refractivity contribution is 7.13. The molecule has 0 atom stereocenters. The van der Waals surface area contributed by atoms with Gasteiger partial charge in [-0.2, -0.15) is 5.10 Å². The van der Waals surface area contributed by atoms with E-state index in [0.717, 1.165) is 11.4 Å². The van der Waals surface area contributed by atoms with E-state index in [2.05, 4.69) is 28.8 Å². The molecule has 0 radical (unpaired) electrons. The van der Waals surface area contributed by atoms with Crippen LogP contribution in [0.1, 0.15) is 11.4 Å². The Morgan fingerprint density at radius 2 is 1.96 bits per heavy atom. The lowest BCUT2D eigenvalue weighted by molar-refractivity contribution is -0.123. The van der Waals surface area contributed by atoms with Crippen LogP contribution >= 0.6 is 11.3 Å². The maximum absolute atomic E-state index is 12.0. The number of aryl methyl sites for hydroxylation is 1. The second-order valence-electron chi connectivity index (χ2n) is 6.04. The molecule has 7 heteroatoms. The van der Waals surface area contributed by atoms with E-state index in [1.807, 2.05) is 29.8 Å². The number of carbonyl (C=O) groups excluding carboxylic acids is 1. The van der Waals surface area contributed by atoms with Crippen LogP contribution in [-0.2, 0) is 11.3 Å². The van der Waals surface area contributed by atoms with Crippen molar-refractivity contribution in [2.24, 2.45) is 0 Å². The smallest absolute Gasteiger partial charge is 0.258 e. The van der Waals surface area contributed by atoms with E-state index in [9.17, 15) is 4.79 Å². The molecule has 27 heavy (non-hydrogen) atoms. The zero-order valence-electron chi connectivity index (χ0n) is 15.7. The standard InChI is InChI=1S/C20H23N3O3S/c1-14-20(18-9-6-12-27-18)15(2)23(22-14)11-10-21-19(24)13-26-17-8-5-4-7-16(17)25-3/h4-9,12H,10-11,13H2,1-3H3,(H,21,24). The number of nitrogens with one attached hydrogen (secondary N) is 1. The van der Waals surface area contributed by atoms with Gasteiger partial charge in [-0.1, -0.05) is 18.2 Å². The number of hydrogen-bond acceptors (Lipinski definition) is 5. The Hall–Kier alpha value is -2.80. The molecule has 0 saturated carbocycles. The molecule has 142 valence electrons. The van der Waals surface area contributed by atoms with E-state index in [0.29, 0.717) is 24.6 Å². The second kappa shape index (κ2) is 8.73. The summed E-state index contributed by atoms with van der Waals surface area (Å²) in [5.41, 5.74) is 3.28. The van der Waals surface area contributed by atoms with Gasteiger partial charge in [-0.3, -0.25) is 9.48 Å². The summed E-state index contributed by atoms with van der Waals surface area (Å²) in [6, 6.07) is 11.4. The van der Waals surface area contributed by atoms with Gasteiger partial charge >= 0.3 is 0 Å². The zero-order valence-corrected chi connectivity index (χ0v) is 16.5. The monoisotopic (exact) mass is 385 g/mol. The fourth-order valence-corrected chi connectivity index (χ4v) is 3.80. The Morgan fingerprint density at radius 3 is 2.67 bits per heavy atom. The van der Waals surface area contributed by atoms with Crippen LogP contribution in [0.5, 0.6) is 11.5 Å². The first kappa shape index (κ1) is 19.0. The Balaban J connectivity index is 1.51. The number of thiophene rings is 1. The molecular weight excluding hydrogens is 362 g/mol. The molecule has 1 aromatic carbocycles. The zero-order chi connectivity index (χ0) is 19.2. The number of hydrogen-bond donors (Lipinski definition) is 1. The van der Waals surface area contributed by atoms with Gasteiger partial charge in [0.25, 0.3) is 5.91 Å². The van der Waals surface area contributed by atoms with Crippen molar-refractivity contribution in [3.05, 3.63) is 53.2 Å². The lowest BCUT2D eigenvalue weighted by atomic mass is 10.1. The molecule has 0 spiro atoms. The van der Waals surface area contributed by atoms with Gasteiger partial charge in [0.1, 0.15) is 0 Å². The minimum atomic E-state index is -0.180. The minimum Gasteiger partial charge on any atom is -0.493 e. The van der Waals surface area contributed by atoms with Gasteiger partial charge in [0, 0.05) is 22.7 Å². The summed E-state index contributed by atoms with van der Waals surface area (Å²) in [5.74, 6) is 0.976. The molecule has 2 heterocycles. The number of ether oxygens (including phenoxy) is 2. The molecule has 3 rings (SSSR count). The summed E-state index contributed by atoms with van der Waals surface area (Å²) >= 11 is 1.70. The Morgan fingerprint density at radius 1 is 1.19 bits per heavy atom. The predicted octanol–water partition coefficient (Wildman–Crippen LogP) is 3.43. The Kier molecular flexibility index (Phi) is 6.13. The molecule has 0 unspecified atom stereocenters. The number of para-hydroxylation sites is 2. The van der Waals surface area contributed by atoms with E-state index >= 15 is 0 Å². The number of benzene rings is 1. The highest BCUT2D eigenvalue weighted by Gasteiger charge is 2.14. The van der Waals surface area contributed by atoms with Gasteiger partial charge in [-0.15, -0.1) is 11.3 Å². The highest BCUT2D eigenvalue weighted by atomic mass is 32.1. The Labute approximate surface area is 162 Å². The predicted molar refractivity (Wildman–Crippen MR) is 107 cm³/mol. The van der Waals surface area contributed by atoms with E-state index in [-0.39, 0.29) is 12.5 Å². The molecule has 6 nitrogen and oxygen atoms in total. The van der Waals surface area contributed by atoms with Crippen molar-refractivity contribution < 1.29 is 14.3 Å². The normalized spacial score (nSPS) is 10.6. The average Bonchev–Trinajstić information content (AvgIpc) is 3.28. The van der Waals surface area contributed by atoms with Crippen LogP contribution < -0.4 is 14.8 Å². The summed E-state index contributed by atoms with van der Waals surface area (Å²) in [4.78, 5) is 13.3. The number of amides is 1. The summed E-state index contributed by atoms with van der Waals surface area (Å²) in [5, 5.41) is 9.53. The van der Waals surface area contributed by atoms with Crippen molar-refractivity contribution in [1.82, 2.24) is 15.1 Å². The molecule has 1 amide bonds. The number of aromatic nitrogens is 2. The number of methoxy groups -OCH3 is 1. The fourth-order valence-electron chi connectivity index (χ4n) is 2.93. The first-order chi connectivity index (χ1) is 13.1. The van der Waals surface area contributed by atoms with Crippen molar-refractivity contribution in [3.8, 4) is 21.9 Å². The van der Waals surface area contributed by atoms with Crippen LogP contribution in [0.3, 0.4) is 0 Å². The van der Waals surface area contributed by atoms with Crippen molar-refractivity contribution in [3.63, 3.8) is 0 Å². The summed E-state index contributed by atoms with van der Waals surface area (Å²) < 4.78 is 12.7. The lowest BCUT2D eigenvalue weighted by Crippen LogP contribution is -2.32. The van der Waals surface area contributed by atoms with Crippen LogP contribution in [0.4, 0.5) is 0 Å². The van der Waals surface area contributed by atoms with Gasteiger partial charge in [-0.05, 0) is 37.4 Å². The molecule has 0 aliphatic heterocycles. The van der Waals surface area contributed by atoms with E-state index in [1.54, 1.807) is 30.6 Å². The third kappa shape index (κ3) is 4.49. The van der Waals surface area contributed by atoms with Gasteiger partial charge in [0.2, 0.25) is 0 Å². The van der Waals surface area contributed by atoms with Crippen LogP contribution in [0.15, 0.2) is 41.8 Å². The maximum atomic E-state index is 12.0. The maximum Gasteiger partial charge on any atom is 0.258 e. The summed E-state index contributed by atoms with van der Waals surface area (Å²) in [6.45, 7) is 5.11. The number of rotatable bonds is 8. The van der Waals surface area contributed by atoms with Crippen LogP contribution in [0.2, 0.25) is 0 Å². The Bertz CT molecular complexity index is 903. The average molecular weight is 385 g/mol. The van der Waals surface area contributed by atoms with Crippen molar-refractivity contribution in [2.45, 2.75) is 20.4 Å². The van der Waals surface area contributed by atoms with Gasteiger partial charge in [0.15, 0.2) is 18.1 Å². The first-order valence-corrected chi connectivity index (χ1v) is 9.58. The largest absolute Gasteiger partial charge is 0.493 e. The number of carbonyl (C=O) groups is 1. The quantitative estimate of drug-likeness (QED) is 0.645. The molecule has 0 aliphatic carbocycles. The molecule has 3 aromatic rings. The molecule has 0 fully saturated rings. The lowest BCUT2D eigenvalue weighted by Gasteiger charge is -2.11. The molecular formula is C20H23N3O3S. The van der Waals surface area contributed by atoms with Crippen molar-refractivity contribution in [1.29, 1.82) is 0 Å². The second-order valence-corrected chi connectivity index (χ2v) is 6.98. The van der Waals surface area contributed by atoms with Crippen LogP contribution in [-0.4, -0.2) is 35.9 Å². The fraction of sp³-hybridized carbons (Fsp3) is 0.300. The third-order valence-corrected chi connectivity index (χ3v) is 5.11. The van der Waals surface area contributed by atoms with Gasteiger partial charge < -0.3 is 14.8 Å². The molecule has 0 aliphatic rings. The SMILES string of the molecule is COc1ccccc1OCC(=O)NCCn1nc(C)c(-c2cccs2)c1C. The van der Waals surface area contributed by atoms with Gasteiger partial charge in [0.05, 0.1) is 19.3 Å². The first-order valence-electron chi connectivity index (χ1n) is 8.70. The molecule has 0 saturated heterocycles. The molecule has 0 bridgehead atoms. The van der Waals surface area contributed by atoms with Gasteiger partial charge in [-0.25, -0.2) is 0 Å². The minimum absolute atomic E-state index is 0.0576. The van der Waals surface area contributed by atoms with Crippen LogP contribution in [0.25, 0.3) is 10.4 Å².